The predicted octanol–water partition coefficient (Wildman–Crippen LogP) is 3.25. The van der Waals surface area contributed by atoms with Crippen molar-refractivity contribution in [1.82, 2.24) is 4.90 Å². The van der Waals surface area contributed by atoms with E-state index in [2.05, 4.69) is 6.07 Å². The first-order valence-corrected chi connectivity index (χ1v) is 8.57. The lowest BCUT2D eigenvalue weighted by Crippen LogP contribution is -2.41. The summed E-state index contributed by atoms with van der Waals surface area (Å²) < 4.78 is 10.8. The zero-order valence-electron chi connectivity index (χ0n) is 14.9. The standard InChI is InChI=1S/C20H23NO4/c1-13-8-14(2)10-16(9-13)20(23)21-6-4-17(5-7-21)25-18-11-15(3)24-19(22)12-18/h8-12,17H,4-7H2,1-3H3. The maximum absolute atomic E-state index is 12.7. The molecule has 132 valence electrons. The molecule has 0 saturated carbocycles. The average Bonchev–Trinajstić information content (AvgIpc) is 2.53. The van der Waals surface area contributed by atoms with Crippen molar-refractivity contribution >= 4 is 5.91 Å². The van der Waals surface area contributed by atoms with Gasteiger partial charge >= 0.3 is 5.63 Å². The fourth-order valence-electron chi connectivity index (χ4n) is 3.29. The Morgan fingerprint density at radius 1 is 1.04 bits per heavy atom. The van der Waals surface area contributed by atoms with Gasteiger partial charge in [-0.2, -0.15) is 0 Å². The zero-order chi connectivity index (χ0) is 18.0. The van der Waals surface area contributed by atoms with Crippen LogP contribution in [0.2, 0.25) is 0 Å². The lowest BCUT2D eigenvalue weighted by Gasteiger charge is -2.32. The van der Waals surface area contributed by atoms with E-state index in [4.69, 9.17) is 9.15 Å². The van der Waals surface area contributed by atoms with Crippen LogP contribution < -0.4 is 10.4 Å². The summed E-state index contributed by atoms with van der Waals surface area (Å²) in [6.45, 7) is 7.03. The first-order valence-electron chi connectivity index (χ1n) is 8.57. The predicted molar refractivity (Wildman–Crippen MR) is 95.2 cm³/mol. The fourth-order valence-corrected chi connectivity index (χ4v) is 3.29. The molecule has 0 bridgehead atoms. The third-order valence-electron chi connectivity index (χ3n) is 4.37. The van der Waals surface area contributed by atoms with Crippen LogP contribution in [-0.4, -0.2) is 30.0 Å². The topological polar surface area (TPSA) is 59.8 Å². The molecular weight excluding hydrogens is 318 g/mol. The third-order valence-corrected chi connectivity index (χ3v) is 4.37. The van der Waals surface area contributed by atoms with E-state index in [0.29, 0.717) is 24.6 Å². The van der Waals surface area contributed by atoms with Crippen molar-refractivity contribution < 1.29 is 13.9 Å². The average molecular weight is 341 g/mol. The molecule has 0 unspecified atom stereocenters. The van der Waals surface area contributed by atoms with Crippen LogP contribution in [0.25, 0.3) is 0 Å². The van der Waals surface area contributed by atoms with Crippen molar-refractivity contribution in [3.63, 3.8) is 0 Å². The number of carbonyl (C=O) groups excluding carboxylic acids is 1. The maximum atomic E-state index is 12.7. The highest BCUT2D eigenvalue weighted by Crippen LogP contribution is 2.20. The number of carbonyl (C=O) groups is 1. The largest absolute Gasteiger partial charge is 0.490 e. The van der Waals surface area contributed by atoms with Gasteiger partial charge in [0.2, 0.25) is 0 Å². The number of amides is 1. The van der Waals surface area contributed by atoms with Crippen LogP contribution in [0.5, 0.6) is 5.75 Å². The van der Waals surface area contributed by atoms with Crippen LogP contribution in [0, 0.1) is 20.8 Å². The molecule has 0 spiro atoms. The van der Waals surface area contributed by atoms with Gasteiger partial charge in [0.15, 0.2) is 0 Å². The summed E-state index contributed by atoms with van der Waals surface area (Å²) in [5.41, 5.74) is 2.53. The van der Waals surface area contributed by atoms with Crippen molar-refractivity contribution in [2.75, 3.05) is 13.1 Å². The summed E-state index contributed by atoms with van der Waals surface area (Å²) in [7, 11) is 0. The number of piperidine rings is 1. The van der Waals surface area contributed by atoms with Gasteiger partial charge in [0.1, 0.15) is 17.6 Å². The van der Waals surface area contributed by atoms with Crippen LogP contribution in [0.4, 0.5) is 0 Å². The monoisotopic (exact) mass is 341 g/mol. The second-order valence-corrected chi connectivity index (χ2v) is 6.71. The quantitative estimate of drug-likeness (QED) is 0.860. The number of ether oxygens (including phenoxy) is 1. The van der Waals surface area contributed by atoms with Crippen molar-refractivity contribution in [2.45, 2.75) is 39.7 Å². The molecule has 0 aliphatic carbocycles. The molecule has 1 aromatic heterocycles. The Morgan fingerprint density at radius 3 is 2.28 bits per heavy atom. The van der Waals surface area contributed by atoms with E-state index < -0.39 is 5.63 Å². The van der Waals surface area contributed by atoms with E-state index in [-0.39, 0.29) is 12.0 Å². The van der Waals surface area contributed by atoms with E-state index in [1.165, 1.54) is 6.07 Å². The van der Waals surface area contributed by atoms with Gasteiger partial charge in [-0.1, -0.05) is 17.2 Å². The van der Waals surface area contributed by atoms with Gasteiger partial charge in [-0.25, -0.2) is 4.79 Å². The Hall–Kier alpha value is -2.56. The SMILES string of the molecule is Cc1cc(C)cc(C(=O)N2CCC(Oc3cc(C)oc(=O)c3)CC2)c1. The first-order chi connectivity index (χ1) is 11.9. The van der Waals surface area contributed by atoms with Gasteiger partial charge in [-0.05, 0) is 32.9 Å². The molecule has 0 atom stereocenters. The van der Waals surface area contributed by atoms with Crippen molar-refractivity contribution in [1.29, 1.82) is 0 Å². The molecule has 5 nitrogen and oxygen atoms in total. The van der Waals surface area contributed by atoms with E-state index in [1.54, 1.807) is 13.0 Å². The van der Waals surface area contributed by atoms with Gasteiger partial charge < -0.3 is 14.1 Å². The van der Waals surface area contributed by atoms with E-state index in [0.717, 1.165) is 29.5 Å². The highest BCUT2D eigenvalue weighted by Gasteiger charge is 2.25. The van der Waals surface area contributed by atoms with Crippen molar-refractivity contribution in [2.24, 2.45) is 0 Å². The molecule has 1 fully saturated rings. The van der Waals surface area contributed by atoms with E-state index >= 15 is 0 Å². The van der Waals surface area contributed by atoms with Crippen LogP contribution in [0.15, 0.2) is 39.5 Å². The molecule has 1 aromatic carbocycles. The smallest absolute Gasteiger partial charge is 0.339 e. The fraction of sp³-hybridized carbons (Fsp3) is 0.400. The van der Waals surface area contributed by atoms with Gasteiger partial charge in [-0.3, -0.25) is 4.79 Å². The Balaban J connectivity index is 1.61. The summed E-state index contributed by atoms with van der Waals surface area (Å²) >= 11 is 0. The first kappa shape index (κ1) is 17.3. The minimum absolute atomic E-state index is 0.00416. The summed E-state index contributed by atoms with van der Waals surface area (Å²) in [5.74, 6) is 1.14. The van der Waals surface area contributed by atoms with Gasteiger partial charge in [-0.15, -0.1) is 0 Å². The highest BCUT2D eigenvalue weighted by molar-refractivity contribution is 5.94. The number of likely N-dealkylation sites (tertiary alicyclic amines) is 1. The van der Waals surface area contributed by atoms with Crippen LogP contribution in [0.3, 0.4) is 0 Å². The van der Waals surface area contributed by atoms with Crippen LogP contribution in [0.1, 0.15) is 40.1 Å². The molecule has 1 aliphatic rings. The molecular formula is C20H23NO4. The Morgan fingerprint density at radius 2 is 1.68 bits per heavy atom. The lowest BCUT2D eigenvalue weighted by molar-refractivity contribution is 0.0594. The molecule has 0 radical (unpaired) electrons. The van der Waals surface area contributed by atoms with Crippen molar-refractivity contribution in [3.8, 4) is 5.75 Å². The summed E-state index contributed by atoms with van der Waals surface area (Å²) in [6.07, 6.45) is 1.50. The molecule has 2 heterocycles. The maximum Gasteiger partial charge on any atom is 0.339 e. The molecule has 1 saturated heterocycles. The van der Waals surface area contributed by atoms with E-state index in [9.17, 15) is 9.59 Å². The number of hydrogen-bond acceptors (Lipinski definition) is 4. The molecule has 5 heteroatoms. The number of hydrogen-bond donors (Lipinski definition) is 0. The molecule has 0 N–H and O–H groups in total. The highest BCUT2D eigenvalue weighted by atomic mass is 16.5. The second kappa shape index (κ2) is 7.13. The molecule has 25 heavy (non-hydrogen) atoms. The molecule has 3 rings (SSSR count). The van der Waals surface area contributed by atoms with Gasteiger partial charge in [0.25, 0.3) is 5.91 Å². The van der Waals surface area contributed by atoms with Gasteiger partial charge in [0.05, 0.1) is 6.07 Å². The summed E-state index contributed by atoms with van der Waals surface area (Å²) in [4.78, 5) is 26.0. The van der Waals surface area contributed by atoms with Crippen LogP contribution >= 0.6 is 0 Å². The zero-order valence-corrected chi connectivity index (χ0v) is 14.9. The van der Waals surface area contributed by atoms with Gasteiger partial charge in [0, 0.05) is 37.6 Å². The van der Waals surface area contributed by atoms with Crippen molar-refractivity contribution in [3.05, 3.63) is 63.2 Å². The molecule has 1 aliphatic heterocycles. The number of benzene rings is 1. The minimum atomic E-state index is -0.405. The molecule has 2 aromatic rings. The summed E-state index contributed by atoms with van der Waals surface area (Å²) in [6, 6.07) is 9.01. The Kier molecular flexibility index (Phi) is 4.93. The number of nitrogens with zero attached hydrogens (tertiary/aromatic N) is 1. The minimum Gasteiger partial charge on any atom is -0.490 e. The van der Waals surface area contributed by atoms with E-state index in [1.807, 2.05) is 30.9 Å². The van der Waals surface area contributed by atoms with Crippen LogP contribution in [-0.2, 0) is 0 Å². The Bertz CT molecular complexity index is 812. The molecule has 1 amide bonds. The lowest BCUT2D eigenvalue weighted by atomic mass is 10.0. The number of rotatable bonds is 3. The normalized spacial score (nSPS) is 15.2. The second-order valence-electron chi connectivity index (χ2n) is 6.71. The summed E-state index contributed by atoms with van der Waals surface area (Å²) in [5, 5.41) is 0. The Labute approximate surface area is 147 Å². The third kappa shape index (κ3) is 4.29. The number of aryl methyl sites for hydroxylation is 3.